The fourth-order valence-corrected chi connectivity index (χ4v) is 2.82. The molecule has 0 saturated heterocycles. The highest BCUT2D eigenvalue weighted by Gasteiger charge is 2.06. The second-order valence-corrected chi connectivity index (χ2v) is 6.03. The van der Waals surface area contributed by atoms with Crippen LogP contribution < -0.4 is 5.32 Å². The van der Waals surface area contributed by atoms with Crippen LogP contribution in [0.1, 0.15) is 27.0 Å². The molecular formula is C22H22N2O2. The van der Waals surface area contributed by atoms with Crippen molar-refractivity contribution in [2.45, 2.75) is 19.4 Å². The number of hydrogen-bond donors (Lipinski definition) is 1. The Balaban J connectivity index is 1.62. The lowest BCUT2D eigenvalue weighted by atomic mass is 10.00. The number of rotatable bonds is 7. The first-order valence-corrected chi connectivity index (χ1v) is 8.65. The van der Waals surface area contributed by atoms with E-state index < -0.39 is 0 Å². The predicted octanol–water partition coefficient (Wildman–Crippen LogP) is 4.27. The molecule has 0 saturated carbocycles. The third-order valence-electron chi connectivity index (χ3n) is 4.29. The van der Waals surface area contributed by atoms with Crippen LogP contribution in [0.15, 0.2) is 72.9 Å². The lowest BCUT2D eigenvalue weighted by Gasteiger charge is -2.11. The van der Waals surface area contributed by atoms with E-state index in [4.69, 9.17) is 0 Å². The summed E-state index contributed by atoms with van der Waals surface area (Å²) in [6, 6.07) is 22.5. The standard InChI is InChI=1S/C22H22N2O2/c1-26-22(25)20-13-14-21(24-16-20)23-15-19-10-6-5-9-18(19)12-11-17-7-3-2-4-8-17/h2-10,13-14,16H,11-12,15H2,1H3,(H,23,24). The van der Waals surface area contributed by atoms with Gasteiger partial charge in [0.05, 0.1) is 12.7 Å². The predicted molar refractivity (Wildman–Crippen MR) is 103 cm³/mol. The number of pyridine rings is 1. The minimum atomic E-state index is -0.379. The summed E-state index contributed by atoms with van der Waals surface area (Å²) >= 11 is 0. The second-order valence-electron chi connectivity index (χ2n) is 6.03. The average Bonchev–Trinajstić information content (AvgIpc) is 2.72. The van der Waals surface area contributed by atoms with E-state index in [-0.39, 0.29) is 5.97 Å². The van der Waals surface area contributed by atoms with Gasteiger partial charge in [0.25, 0.3) is 0 Å². The quantitative estimate of drug-likeness (QED) is 0.649. The van der Waals surface area contributed by atoms with E-state index >= 15 is 0 Å². The Morgan fingerprint density at radius 1 is 0.923 bits per heavy atom. The van der Waals surface area contributed by atoms with Crippen molar-refractivity contribution < 1.29 is 9.53 Å². The van der Waals surface area contributed by atoms with Crippen LogP contribution >= 0.6 is 0 Å². The number of carbonyl (C=O) groups excluding carboxylic acids is 1. The zero-order chi connectivity index (χ0) is 18.2. The van der Waals surface area contributed by atoms with Gasteiger partial charge in [-0.3, -0.25) is 0 Å². The summed E-state index contributed by atoms with van der Waals surface area (Å²) in [5.74, 6) is 0.353. The number of nitrogens with zero attached hydrogens (tertiary/aromatic N) is 1. The summed E-state index contributed by atoms with van der Waals surface area (Å²) in [6.07, 6.45) is 3.54. The van der Waals surface area contributed by atoms with Gasteiger partial charge in [-0.25, -0.2) is 9.78 Å². The number of carbonyl (C=O) groups is 1. The largest absolute Gasteiger partial charge is 0.465 e. The monoisotopic (exact) mass is 346 g/mol. The zero-order valence-corrected chi connectivity index (χ0v) is 14.8. The highest BCUT2D eigenvalue weighted by molar-refractivity contribution is 5.89. The van der Waals surface area contributed by atoms with Gasteiger partial charge in [0.1, 0.15) is 5.82 Å². The van der Waals surface area contributed by atoms with Gasteiger partial charge in [-0.2, -0.15) is 0 Å². The Morgan fingerprint density at radius 2 is 1.65 bits per heavy atom. The van der Waals surface area contributed by atoms with Crippen molar-refractivity contribution in [3.8, 4) is 0 Å². The van der Waals surface area contributed by atoms with E-state index in [2.05, 4.69) is 63.6 Å². The molecule has 0 fully saturated rings. The Morgan fingerprint density at radius 3 is 2.35 bits per heavy atom. The minimum absolute atomic E-state index is 0.379. The Kier molecular flexibility index (Phi) is 5.99. The van der Waals surface area contributed by atoms with Crippen LogP contribution in [-0.2, 0) is 24.1 Å². The van der Waals surface area contributed by atoms with Crippen molar-refractivity contribution in [1.82, 2.24) is 4.98 Å². The van der Waals surface area contributed by atoms with Gasteiger partial charge in [0.2, 0.25) is 0 Å². The first kappa shape index (κ1) is 17.7. The lowest BCUT2D eigenvalue weighted by molar-refractivity contribution is 0.0600. The van der Waals surface area contributed by atoms with Crippen molar-refractivity contribution in [2.75, 3.05) is 12.4 Å². The molecule has 4 nitrogen and oxygen atoms in total. The third-order valence-corrected chi connectivity index (χ3v) is 4.29. The third kappa shape index (κ3) is 4.70. The summed E-state index contributed by atoms with van der Waals surface area (Å²) in [5.41, 5.74) is 4.37. The molecule has 0 radical (unpaired) electrons. The molecule has 0 amide bonds. The number of ether oxygens (including phenoxy) is 1. The number of aryl methyl sites for hydroxylation is 2. The maximum Gasteiger partial charge on any atom is 0.339 e. The topological polar surface area (TPSA) is 51.2 Å². The molecule has 4 heteroatoms. The highest BCUT2D eigenvalue weighted by Crippen LogP contribution is 2.15. The molecule has 1 aromatic heterocycles. The number of hydrogen-bond acceptors (Lipinski definition) is 4. The van der Waals surface area contributed by atoms with Crippen molar-refractivity contribution in [2.24, 2.45) is 0 Å². The summed E-state index contributed by atoms with van der Waals surface area (Å²) in [6.45, 7) is 0.690. The van der Waals surface area contributed by atoms with Crippen molar-refractivity contribution >= 4 is 11.8 Å². The van der Waals surface area contributed by atoms with E-state index in [1.54, 1.807) is 12.1 Å². The first-order valence-electron chi connectivity index (χ1n) is 8.65. The first-order chi connectivity index (χ1) is 12.8. The number of methoxy groups -OCH3 is 1. The van der Waals surface area contributed by atoms with Crippen LogP contribution in [0.4, 0.5) is 5.82 Å². The van der Waals surface area contributed by atoms with E-state index in [0.717, 1.165) is 18.7 Å². The number of nitrogens with one attached hydrogen (secondary N) is 1. The van der Waals surface area contributed by atoms with E-state index in [1.165, 1.54) is 30.0 Å². The number of aromatic nitrogens is 1. The molecule has 26 heavy (non-hydrogen) atoms. The number of benzene rings is 2. The van der Waals surface area contributed by atoms with Gasteiger partial charge in [-0.1, -0.05) is 54.6 Å². The fourth-order valence-electron chi connectivity index (χ4n) is 2.82. The molecule has 0 aliphatic carbocycles. The van der Waals surface area contributed by atoms with Crippen molar-refractivity contribution in [3.63, 3.8) is 0 Å². The van der Waals surface area contributed by atoms with Gasteiger partial charge in [-0.15, -0.1) is 0 Å². The summed E-state index contributed by atoms with van der Waals surface area (Å²) in [4.78, 5) is 15.7. The van der Waals surface area contributed by atoms with Crippen LogP contribution in [0.25, 0.3) is 0 Å². The van der Waals surface area contributed by atoms with E-state index in [1.807, 2.05) is 6.07 Å². The summed E-state index contributed by atoms with van der Waals surface area (Å²) < 4.78 is 4.69. The Labute approximate surface area is 153 Å². The van der Waals surface area contributed by atoms with Crippen LogP contribution in [-0.4, -0.2) is 18.1 Å². The van der Waals surface area contributed by atoms with Gasteiger partial charge >= 0.3 is 5.97 Å². The second kappa shape index (κ2) is 8.81. The maximum absolute atomic E-state index is 11.5. The zero-order valence-electron chi connectivity index (χ0n) is 14.8. The van der Waals surface area contributed by atoms with Gasteiger partial charge < -0.3 is 10.1 Å². The molecule has 0 unspecified atom stereocenters. The Hall–Kier alpha value is -3.14. The fraction of sp³-hybridized carbons (Fsp3) is 0.182. The molecule has 3 aromatic rings. The van der Waals surface area contributed by atoms with Crippen LogP contribution in [0.2, 0.25) is 0 Å². The molecule has 0 atom stereocenters. The molecule has 0 bridgehead atoms. The van der Waals surface area contributed by atoms with Crippen LogP contribution in [0.5, 0.6) is 0 Å². The molecule has 1 heterocycles. The summed E-state index contributed by atoms with van der Waals surface area (Å²) in [7, 11) is 1.36. The van der Waals surface area contributed by atoms with E-state index in [9.17, 15) is 4.79 Å². The molecular weight excluding hydrogens is 324 g/mol. The molecule has 1 N–H and O–H groups in total. The maximum atomic E-state index is 11.5. The van der Waals surface area contributed by atoms with Gasteiger partial charge in [0, 0.05) is 12.7 Å². The highest BCUT2D eigenvalue weighted by atomic mass is 16.5. The average molecular weight is 346 g/mol. The molecule has 132 valence electrons. The van der Waals surface area contributed by atoms with Crippen molar-refractivity contribution in [3.05, 3.63) is 95.2 Å². The van der Waals surface area contributed by atoms with Gasteiger partial charge in [0.15, 0.2) is 0 Å². The smallest absolute Gasteiger partial charge is 0.339 e. The SMILES string of the molecule is COC(=O)c1ccc(NCc2ccccc2CCc2ccccc2)nc1. The van der Waals surface area contributed by atoms with Crippen molar-refractivity contribution in [1.29, 1.82) is 0 Å². The van der Waals surface area contributed by atoms with Crippen LogP contribution in [0, 0.1) is 0 Å². The minimum Gasteiger partial charge on any atom is -0.465 e. The molecule has 2 aromatic carbocycles. The van der Waals surface area contributed by atoms with Gasteiger partial charge in [-0.05, 0) is 41.7 Å². The normalized spacial score (nSPS) is 10.3. The molecule has 0 aliphatic rings. The Bertz CT molecular complexity index is 846. The van der Waals surface area contributed by atoms with Crippen LogP contribution in [0.3, 0.4) is 0 Å². The number of anilines is 1. The lowest BCUT2D eigenvalue weighted by Crippen LogP contribution is -2.06. The van der Waals surface area contributed by atoms with E-state index in [0.29, 0.717) is 12.1 Å². The summed E-state index contributed by atoms with van der Waals surface area (Å²) in [5, 5.41) is 3.32. The molecule has 3 rings (SSSR count). The molecule has 0 aliphatic heterocycles. The molecule has 0 spiro atoms. The number of esters is 1.